The summed E-state index contributed by atoms with van der Waals surface area (Å²) < 4.78 is 0. The standard InChI is InChI=1S/C18H39N5/c1-16-8-12-23(13-9-16)11-7-10-20-17(19-4)21-14-18(2,3)15-22(5)6/h16H,7-15H2,1-6H3,(H2,19,20,21). The first-order chi connectivity index (χ1) is 10.8. The van der Waals surface area contributed by atoms with Crippen LogP contribution in [-0.4, -0.2) is 76.2 Å². The van der Waals surface area contributed by atoms with E-state index in [1.165, 1.54) is 38.9 Å². The molecule has 1 aliphatic rings. The van der Waals surface area contributed by atoms with E-state index in [0.29, 0.717) is 0 Å². The van der Waals surface area contributed by atoms with Crippen molar-refractivity contribution in [3.8, 4) is 0 Å². The lowest BCUT2D eigenvalue weighted by molar-refractivity contribution is 0.191. The molecule has 136 valence electrons. The van der Waals surface area contributed by atoms with Crippen molar-refractivity contribution in [1.29, 1.82) is 0 Å². The average molecular weight is 326 g/mol. The van der Waals surface area contributed by atoms with E-state index in [4.69, 9.17) is 0 Å². The molecule has 23 heavy (non-hydrogen) atoms. The van der Waals surface area contributed by atoms with Crippen LogP contribution >= 0.6 is 0 Å². The van der Waals surface area contributed by atoms with Gasteiger partial charge in [-0.1, -0.05) is 20.8 Å². The maximum Gasteiger partial charge on any atom is 0.190 e. The molecule has 0 amide bonds. The van der Waals surface area contributed by atoms with Crippen LogP contribution in [0.1, 0.15) is 40.0 Å². The van der Waals surface area contributed by atoms with Crippen LogP contribution in [0.4, 0.5) is 0 Å². The number of nitrogens with zero attached hydrogens (tertiary/aromatic N) is 3. The Morgan fingerprint density at radius 2 is 1.87 bits per heavy atom. The summed E-state index contributed by atoms with van der Waals surface area (Å²) in [6, 6.07) is 0. The molecule has 2 N–H and O–H groups in total. The van der Waals surface area contributed by atoms with E-state index >= 15 is 0 Å². The van der Waals surface area contributed by atoms with E-state index in [-0.39, 0.29) is 5.41 Å². The Balaban J connectivity index is 2.16. The van der Waals surface area contributed by atoms with E-state index in [9.17, 15) is 0 Å². The van der Waals surface area contributed by atoms with Gasteiger partial charge >= 0.3 is 0 Å². The van der Waals surface area contributed by atoms with Gasteiger partial charge in [0.05, 0.1) is 0 Å². The first-order valence-corrected chi connectivity index (χ1v) is 9.14. The third kappa shape index (κ3) is 9.16. The number of rotatable bonds is 8. The van der Waals surface area contributed by atoms with Crippen molar-refractivity contribution in [2.45, 2.75) is 40.0 Å². The number of hydrogen-bond acceptors (Lipinski definition) is 3. The molecule has 5 nitrogen and oxygen atoms in total. The smallest absolute Gasteiger partial charge is 0.190 e. The fourth-order valence-corrected chi connectivity index (χ4v) is 3.25. The summed E-state index contributed by atoms with van der Waals surface area (Å²) in [6.07, 6.45) is 3.89. The third-order valence-electron chi connectivity index (χ3n) is 4.52. The average Bonchev–Trinajstić information content (AvgIpc) is 2.47. The van der Waals surface area contributed by atoms with Gasteiger partial charge in [0.1, 0.15) is 0 Å². The fraction of sp³-hybridized carbons (Fsp3) is 0.944. The predicted octanol–water partition coefficient (Wildman–Crippen LogP) is 1.86. The highest BCUT2D eigenvalue weighted by atomic mass is 15.2. The van der Waals surface area contributed by atoms with E-state index in [2.05, 4.69) is 60.3 Å². The molecule has 1 fully saturated rings. The number of nitrogens with one attached hydrogen (secondary N) is 2. The zero-order chi connectivity index (χ0) is 17.3. The van der Waals surface area contributed by atoms with E-state index in [0.717, 1.165) is 31.5 Å². The number of hydrogen-bond donors (Lipinski definition) is 2. The van der Waals surface area contributed by atoms with Crippen LogP contribution in [0.5, 0.6) is 0 Å². The molecule has 1 rings (SSSR count). The molecular formula is C18H39N5. The molecule has 0 spiro atoms. The molecular weight excluding hydrogens is 286 g/mol. The Kier molecular flexibility index (Phi) is 8.92. The Morgan fingerprint density at radius 1 is 1.22 bits per heavy atom. The lowest BCUT2D eigenvalue weighted by atomic mass is 9.93. The van der Waals surface area contributed by atoms with Crippen molar-refractivity contribution in [2.75, 3.05) is 60.4 Å². The lowest BCUT2D eigenvalue weighted by Gasteiger charge is -2.30. The minimum Gasteiger partial charge on any atom is -0.356 e. The Morgan fingerprint density at radius 3 is 2.43 bits per heavy atom. The second kappa shape index (κ2) is 10.1. The number of likely N-dealkylation sites (tertiary alicyclic amines) is 1. The van der Waals surface area contributed by atoms with Gasteiger partial charge in [-0.25, -0.2) is 0 Å². The summed E-state index contributed by atoms with van der Waals surface area (Å²) in [4.78, 5) is 9.16. The zero-order valence-electron chi connectivity index (χ0n) is 16.3. The van der Waals surface area contributed by atoms with Crippen molar-refractivity contribution in [2.24, 2.45) is 16.3 Å². The molecule has 0 aromatic rings. The summed E-state index contributed by atoms with van der Waals surface area (Å²) in [5.41, 5.74) is 0.228. The highest BCUT2D eigenvalue weighted by Crippen LogP contribution is 2.16. The molecule has 1 aliphatic heterocycles. The quantitative estimate of drug-likeness (QED) is 0.406. The summed E-state index contributed by atoms with van der Waals surface area (Å²) >= 11 is 0. The van der Waals surface area contributed by atoms with Gasteiger partial charge in [0, 0.05) is 26.7 Å². The minimum atomic E-state index is 0.228. The predicted molar refractivity (Wildman–Crippen MR) is 101 cm³/mol. The zero-order valence-corrected chi connectivity index (χ0v) is 16.3. The highest BCUT2D eigenvalue weighted by molar-refractivity contribution is 5.79. The van der Waals surface area contributed by atoms with Crippen LogP contribution in [0.3, 0.4) is 0 Å². The van der Waals surface area contributed by atoms with Gasteiger partial charge in [0.15, 0.2) is 5.96 Å². The lowest BCUT2D eigenvalue weighted by Crippen LogP contribution is -2.45. The molecule has 0 bridgehead atoms. The Bertz CT molecular complexity index is 343. The first-order valence-electron chi connectivity index (χ1n) is 9.14. The van der Waals surface area contributed by atoms with E-state index in [1.54, 1.807) is 0 Å². The Hall–Kier alpha value is -0.810. The topological polar surface area (TPSA) is 42.9 Å². The molecule has 1 saturated heterocycles. The number of aliphatic imine (C=N–C) groups is 1. The minimum absolute atomic E-state index is 0.228. The fourth-order valence-electron chi connectivity index (χ4n) is 3.25. The largest absolute Gasteiger partial charge is 0.356 e. The molecule has 0 aromatic heterocycles. The van der Waals surface area contributed by atoms with Crippen LogP contribution in [0.25, 0.3) is 0 Å². The summed E-state index contributed by atoms with van der Waals surface area (Å²) in [5.74, 6) is 1.84. The van der Waals surface area contributed by atoms with E-state index < -0.39 is 0 Å². The van der Waals surface area contributed by atoms with Crippen LogP contribution in [-0.2, 0) is 0 Å². The van der Waals surface area contributed by atoms with Crippen molar-refractivity contribution >= 4 is 5.96 Å². The molecule has 0 atom stereocenters. The van der Waals surface area contributed by atoms with E-state index in [1.807, 2.05) is 7.05 Å². The van der Waals surface area contributed by atoms with Crippen LogP contribution < -0.4 is 10.6 Å². The van der Waals surface area contributed by atoms with Gasteiger partial charge in [0.2, 0.25) is 0 Å². The number of guanidine groups is 1. The first kappa shape index (κ1) is 20.2. The van der Waals surface area contributed by atoms with Crippen LogP contribution in [0.15, 0.2) is 4.99 Å². The van der Waals surface area contributed by atoms with Crippen molar-refractivity contribution in [1.82, 2.24) is 20.4 Å². The van der Waals surface area contributed by atoms with Crippen LogP contribution in [0, 0.1) is 11.3 Å². The molecule has 5 heteroatoms. The molecule has 0 aromatic carbocycles. The van der Waals surface area contributed by atoms with Crippen molar-refractivity contribution in [3.63, 3.8) is 0 Å². The molecule has 1 heterocycles. The van der Waals surface area contributed by atoms with Gasteiger partial charge in [-0.05, 0) is 64.3 Å². The highest BCUT2D eigenvalue weighted by Gasteiger charge is 2.19. The monoisotopic (exact) mass is 325 g/mol. The molecule has 0 aliphatic carbocycles. The second-order valence-electron chi connectivity index (χ2n) is 8.13. The summed E-state index contributed by atoms with van der Waals surface area (Å²) in [7, 11) is 6.09. The van der Waals surface area contributed by atoms with Crippen molar-refractivity contribution in [3.05, 3.63) is 0 Å². The van der Waals surface area contributed by atoms with Gasteiger partial charge in [-0.3, -0.25) is 4.99 Å². The van der Waals surface area contributed by atoms with Gasteiger partial charge in [-0.15, -0.1) is 0 Å². The Labute approximate surface area is 143 Å². The second-order valence-corrected chi connectivity index (χ2v) is 8.13. The summed E-state index contributed by atoms with van der Waals surface area (Å²) in [5, 5.41) is 6.90. The van der Waals surface area contributed by atoms with Gasteiger partial charge in [0.25, 0.3) is 0 Å². The molecule has 0 saturated carbocycles. The van der Waals surface area contributed by atoms with Gasteiger partial charge in [-0.2, -0.15) is 0 Å². The maximum atomic E-state index is 4.33. The van der Waals surface area contributed by atoms with Crippen LogP contribution in [0.2, 0.25) is 0 Å². The van der Waals surface area contributed by atoms with Gasteiger partial charge < -0.3 is 20.4 Å². The maximum absolute atomic E-state index is 4.33. The van der Waals surface area contributed by atoms with Crippen molar-refractivity contribution < 1.29 is 0 Å². The summed E-state index contributed by atoms with van der Waals surface area (Å²) in [6.45, 7) is 13.6. The third-order valence-corrected chi connectivity index (χ3v) is 4.52. The normalized spacial score (nSPS) is 18.5. The molecule has 0 radical (unpaired) electrons. The molecule has 0 unspecified atom stereocenters. The SMILES string of the molecule is CN=C(NCCCN1CCC(C)CC1)NCC(C)(C)CN(C)C. The number of piperidine rings is 1.